The molecule has 1 aliphatic heterocycles. The van der Waals surface area contributed by atoms with Gasteiger partial charge in [0.2, 0.25) is 5.82 Å². The fourth-order valence-corrected chi connectivity index (χ4v) is 4.33. The standard InChI is InChI=1S/C30H23FN2O9/c31-21-16-33(30(38)32-25(21)34)26-24(42-29(37)20-14-8-3-9-15-20)23(41-28(36)19-12-6-2-7-13-19)22(40-26)17-39-27(35)18-10-4-1-5-11-18/h1-16,22-24,26H,17H2,(H,32,34,38). The van der Waals surface area contributed by atoms with Gasteiger partial charge < -0.3 is 18.9 Å². The number of hydrogen-bond donors (Lipinski definition) is 1. The van der Waals surface area contributed by atoms with Crippen molar-refractivity contribution < 1.29 is 37.7 Å². The van der Waals surface area contributed by atoms with Gasteiger partial charge in [0.15, 0.2) is 18.4 Å². The second-order valence-corrected chi connectivity index (χ2v) is 9.15. The molecule has 2 heterocycles. The van der Waals surface area contributed by atoms with Gasteiger partial charge in [-0.15, -0.1) is 0 Å². The number of halogens is 1. The number of rotatable bonds is 8. The summed E-state index contributed by atoms with van der Waals surface area (Å²) in [7, 11) is 0. The molecule has 4 atom stereocenters. The number of nitrogens with one attached hydrogen (secondary N) is 1. The second kappa shape index (κ2) is 12.4. The Morgan fingerprint density at radius 2 is 1.21 bits per heavy atom. The third kappa shape index (κ3) is 6.18. The Morgan fingerprint density at radius 1 is 0.738 bits per heavy atom. The Kier molecular flexibility index (Phi) is 8.34. The maximum atomic E-state index is 14.3. The van der Waals surface area contributed by atoms with Gasteiger partial charge in [0.25, 0.3) is 5.56 Å². The molecule has 214 valence electrons. The lowest BCUT2D eigenvalue weighted by Gasteiger charge is -2.25. The molecule has 0 spiro atoms. The van der Waals surface area contributed by atoms with E-state index in [1.54, 1.807) is 54.6 Å². The molecule has 12 heteroatoms. The van der Waals surface area contributed by atoms with E-state index in [-0.39, 0.29) is 16.7 Å². The molecule has 1 saturated heterocycles. The monoisotopic (exact) mass is 574 g/mol. The minimum atomic E-state index is -1.59. The van der Waals surface area contributed by atoms with Gasteiger partial charge in [-0.05, 0) is 36.4 Å². The maximum absolute atomic E-state index is 14.3. The molecule has 42 heavy (non-hydrogen) atoms. The molecule has 1 aliphatic rings. The van der Waals surface area contributed by atoms with Crippen LogP contribution in [0.25, 0.3) is 0 Å². The summed E-state index contributed by atoms with van der Waals surface area (Å²) in [5, 5.41) is 0. The van der Waals surface area contributed by atoms with Crippen molar-refractivity contribution in [3.63, 3.8) is 0 Å². The van der Waals surface area contributed by atoms with Gasteiger partial charge >= 0.3 is 23.6 Å². The highest BCUT2D eigenvalue weighted by molar-refractivity contribution is 5.91. The third-order valence-corrected chi connectivity index (χ3v) is 6.38. The van der Waals surface area contributed by atoms with Gasteiger partial charge in [0.1, 0.15) is 12.7 Å². The second-order valence-electron chi connectivity index (χ2n) is 9.15. The first kappa shape index (κ1) is 28.2. The minimum Gasteiger partial charge on any atom is -0.459 e. The largest absolute Gasteiger partial charge is 0.459 e. The summed E-state index contributed by atoms with van der Waals surface area (Å²) >= 11 is 0. The Labute approximate surface area is 237 Å². The third-order valence-electron chi connectivity index (χ3n) is 6.38. The van der Waals surface area contributed by atoms with Crippen molar-refractivity contribution >= 4 is 17.9 Å². The van der Waals surface area contributed by atoms with E-state index in [2.05, 4.69) is 0 Å². The van der Waals surface area contributed by atoms with Crippen molar-refractivity contribution in [2.75, 3.05) is 6.61 Å². The van der Waals surface area contributed by atoms with Crippen LogP contribution in [-0.4, -0.2) is 52.4 Å². The van der Waals surface area contributed by atoms with Crippen molar-refractivity contribution in [3.05, 3.63) is 141 Å². The first-order valence-corrected chi connectivity index (χ1v) is 12.7. The molecule has 3 aromatic carbocycles. The minimum absolute atomic E-state index is 0.128. The summed E-state index contributed by atoms with van der Waals surface area (Å²) in [6.45, 7) is -0.503. The molecular formula is C30H23FN2O9. The number of ether oxygens (including phenoxy) is 4. The topological polar surface area (TPSA) is 143 Å². The van der Waals surface area contributed by atoms with Gasteiger partial charge in [-0.1, -0.05) is 54.6 Å². The summed E-state index contributed by atoms with van der Waals surface area (Å²) in [5.74, 6) is -3.73. The van der Waals surface area contributed by atoms with E-state index >= 15 is 0 Å². The van der Waals surface area contributed by atoms with E-state index in [1.165, 1.54) is 36.4 Å². The van der Waals surface area contributed by atoms with Gasteiger partial charge in [-0.3, -0.25) is 14.3 Å². The van der Waals surface area contributed by atoms with E-state index < -0.39 is 66.1 Å². The molecule has 1 N–H and O–H groups in total. The SMILES string of the molecule is O=C(OCC1OC(n2cc(F)c(=O)[nH]c2=O)C(OC(=O)c2ccccc2)C1OC(=O)c1ccccc1)c1ccccc1. The lowest BCUT2D eigenvalue weighted by molar-refractivity contribution is -0.0643. The van der Waals surface area contributed by atoms with Crippen LogP contribution in [0.1, 0.15) is 37.3 Å². The molecule has 0 aliphatic carbocycles. The number of esters is 3. The Morgan fingerprint density at radius 3 is 1.74 bits per heavy atom. The van der Waals surface area contributed by atoms with Gasteiger partial charge in [-0.2, -0.15) is 4.39 Å². The highest BCUT2D eigenvalue weighted by atomic mass is 19.1. The zero-order valence-electron chi connectivity index (χ0n) is 21.8. The predicted octanol–water partition coefficient (Wildman–Crippen LogP) is 2.88. The van der Waals surface area contributed by atoms with Crippen LogP contribution in [0.5, 0.6) is 0 Å². The predicted molar refractivity (Wildman–Crippen MR) is 143 cm³/mol. The summed E-state index contributed by atoms with van der Waals surface area (Å²) in [6, 6.07) is 23.8. The first-order valence-electron chi connectivity index (χ1n) is 12.7. The molecule has 1 aromatic heterocycles. The zero-order valence-corrected chi connectivity index (χ0v) is 21.8. The summed E-state index contributed by atoms with van der Waals surface area (Å²) < 4.78 is 37.8. The number of nitrogens with zero attached hydrogens (tertiary/aromatic N) is 1. The van der Waals surface area contributed by atoms with Crippen molar-refractivity contribution in [3.8, 4) is 0 Å². The summed E-state index contributed by atoms with van der Waals surface area (Å²) in [4.78, 5) is 65.1. The van der Waals surface area contributed by atoms with Crippen LogP contribution in [0, 0.1) is 5.82 Å². The van der Waals surface area contributed by atoms with E-state index in [0.29, 0.717) is 10.8 Å². The number of hydrogen-bond acceptors (Lipinski definition) is 9. The van der Waals surface area contributed by atoms with Crippen LogP contribution < -0.4 is 11.2 Å². The average Bonchev–Trinajstić information content (AvgIpc) is 3.34. The average molecular weight is 575 g/mol. The van der Waals surface area contributed by atoms with Gasteiger partial charge in [0.05, 0.1) is 22.9 Å². The smallest absolute Gasteiger partial charge is 0.338 e. The molecule has 5 rings (SSSR count). The Hall–Kier alpha value is -5.36. The van der Waals surface area contributed by atoms with E-state index in [9.17, 15) is 28.4 Å². The normalized spacial score (nSPS) is 19.5. The van der Waals surface area contributed by atoms with E-state index in [0.717, 1.165) is 0 Å². The van der Waals surface area contributed by atoms with Crippen LogP contribution in [0.4, 0.5) is 4.39 Å². The van der Waals surface area contributed by atoms with Gasteiger partial charge in [-0.25, -0.2) is 19.2 Å². The number of carbonyl (C=O) groups is 3. The number of aromatic amines is 1. The highest BCUT2D eigenvalue weighted by Crippen LogP contribution is 2.34. The molecule has 1 fully saturated rings. The van der Waals surface area contributed by atoms with Crippen LogP contribution in [0.2, 0.25) is 0 Å². The quantitative estimate of drug-likeness (QED) is 0.248. The number of aromatic nitrogens is 2. The lowest BCUT2D eigenvalue weighted by atomic mass is 10.1. The first-order chi connectivity index (χ1) is 20.3. The van der Waals surface area contributed by atoms with Crippen LogP contribution in [0.3, 0.4) is 0 Å². The fourth-order valence-electron chi connectivity index (χ4n) is 4.33. The van der Waals surface area contributed by atoms with Crippen molar-refractivity contribution in [2.24, 2.45) is 0 Å². The summed E-state index contributed by atoms with van der Waals surface area (Å²) in [5.41, 5.74) is -1.84. The van der Waals surface area contributed by atoms with Crippen LogP contribution in [0.15, 0.2) is 107 Å². The summed E-state index contributed by atoms with van der Waals surface area (Å²) in [6.07, 6.45) is -5.28. The highest BCUT2D eigenvalue weighted by Gasteiger charge is 2.51. The molecule has 11 nitrogen and oxygen atoms in total. The maximum Gasteiger partial charge on any atom is 0.338 e. The molecule has 0 saturated carbocycles. The van der Waals surface area contributed by atoms with Crippen molar-refractivity contribution in [1.82, 2.24) is 9.55 Å². The van der Waals surface area contributed by atoms with E-state index in [4.69, 9.17) is 18.9 Å². The van der Waals surface area contributed by atoms with Crippen LogP contribution in [-0.2, 0) is 18.9 Å². The molecular weight excluding hydrogens is 551 g/mol. The number of benzene rings is 3. The van der Waals surface area contributed by atoms with Gasteiger partial charge in [0, 0.05) is 0 Å². The van der Waals surface area contributed by atoms with Crippen molar-refractivity contribution in [1.29, 1.82) is 0 Å². The van der Waals surface area contributed by atoms with E-state index in [1.807, 2.05) is 4.98 Å². The molecule has 4 unspecified atom stereocenters. The number of H-pyrrole nitrogens is 1. The lowest BCUT2D eigenvalue weighted by Crippen LogP contribution is -2.43. The number of carbonyl (C=O) groups excluding carboxylic acids is 3. The molecule has 4 aromatic rings. The fraction of sp³-hybridized carbons (Fsp3) is 0.167. The molecule has 0 radical (unpaired) electrons. The zero-order chi connectivity index (χ0) is 29.6. The molecule has 0 bridgehead atoms. The van der Waals surface area contributed by atoms with Crippen molar-refractivity contribution in [2.45, 2.75) is 24.5 Å². The molecule has 0 amide bonds. The Bertz CT molecular complexity index is 1690. The van der Waals surface area contributed by atoms with Crippen LogP contribution >= 0.6 is 0 Å². The Balaban J connectivity index is 1.52.